The molecule has 0 saturated carbocycles. The maximum Gasteiger partial charge on any atom is 0.387 e. The molecule has 0 aliphatic rings. The number of ether oxygens (including phenoxy) is 1. The smallest absolute Gasteiger partial charge is 0.387 e. The molecule has 1 aromatic carbocycles. The molecule has 0 unspecified atom stereocenters. The summed E-state index contributed by atoms with van der Waals surface area (Å²) < 4.78 is 50.4. The number of benzene rings is 1. The molecule has 0 spiro atoms. The van der Waals surface area contributed by atoms with Crippen molar-refractivity contribution in [3.63, 3.8) is 0 Å². The molecule has 11 heteroatoms. The number of hydrogen-bond acceptors (Lipinski definition) is 6. The van der Waals surface area contributed by atoms with Gasteiger partial charge in [0.05, 0.1) is 16.6 Å². The Hall–Kier alpha value is -2.14. The van der Waals surface area contributed by atoms with Gasteiger partial charge in [0.15, 0.2) is 6.29 Å². The molecule has 0 aliphatic heterocycles. The van der Waals surface area contributed by atoms with Gasteiger partial charge in [-0.15, -0.1) is 0 Å². The quantitative estimate of drug-likeness (QED) is 0.482. The highest BCUT2D eigenvalue weighted by molar-refractivity contribution is 7.89. The summed E-state index contributed by atoms with van der Waals surface area (Å²) in [6, 6.07) is 0.988. The van der Waals surface area contributed by atoms with Gasteiger partial charge in [-0.1, -0.05) is 0 Å². The van der Waals surface area contributed by atoms with Gasteiger partial charge in [0.2, 0.25) is 10.0 Å². The number of carbonyl (C=O) groups is 1. The number of alkyl halides is 2. The van der Waals surface area contributed by atoms with Crippen LogP contribution in [-0.2, 0) is 10.0 Å². The molecule has 1 aromatic rings. The number of rotatable bonds is 5. The van der Waals surface area contributed by atoms with E-state index in [1.165, 1.54) is 0 Å². The molecule has 0 fully saturated rings. The van der Waals surface area contributed by atoms with E-state index in [2.05, 4.69) is 4.74 Å². The van der Waals surface area contributed by atoms with Crippen LogP contribution in [0.1, 0.15) is 10.4 Å². The number of nitrogens with zero attached hydrogens (tertiary/aromatic N) is 1. The highest BCUT2D eigenvalue weighted by atomic mass is 32.2. The summed E-state index contributed by atoms with van der Waals surface area (Å²) in [5, 5.41) is 15.3. The van der Waals surface area contributed by atoms with Crippen molar-refractivity contribution in [2.75, 3.05) is 0 Å². The minimum atomic E-state index is -4.52. The molecule has 19 heavy (non-hydrogen) atoms. The second-order valence-corrected chi connectivity index (χ2v) is 4.68. The summed E-state index contributed by atoms with van der Waals surface area (Å²) in [6.07, 6.45) is -0.0960. The third kappa shape index (κ3) is 3.42. The van der Waals surface area contributed by atoms with Crippen LogP contribution in [0.5, 0.6) is 5.75 Å². The Bertz CT molecular complexity index is 630. The molecule has 8 nitrogen and oxygen atoms in total. The van der Waals surface area contributed by atoms with Gasteiger partial charge in [0.25, 0.3) is 5.69 Å². The van der Waals surface area contributed by atoms with Crippen molar-refractivity contribution >= 4 is 22.0 Å². The largest absolute Gasteiger partial charge is 0.434 e. The lowest BCUT2D eigenvalue weighted by Gasteiger charge is -2.10. The Labute approximate surface area is 105 Å². The summed E-state index contributed by atoms with van der Waals surface area (Å²) in [6.45, 7) is -3.39. The van der Waals surface area contributed by atoms with Crippen molar-refractivity contribution < 1.29 is 31.7 Å². The van der Waals surface area contributed by atoms with Crippen LogP contribution >= 0.6 is 0 Å². The number of non-ortho nitro benzene ring substituents is 1. The minimum Gasteiger partial charge on any atom is -0.434 e. The number of hydrogen-bond donors (Lipinski definition) is 1. The van der Waals surface area contributed by atoms with Crippen molar-refractivity contribution in [2.45, 2.75) is 11.5 Å². The van der Waals surface area contributed by atoms with Gasteiger partial charge < -0.3 is 4.74 Å². The van der Waals surface area contributed by atoms with Gasteiger partial charge >= 0.3 is 6.61 Å². The zero-order valence-corrected chi connectivity index (χ0v) is 9.76. The van der Waals surface area contributed by atoms with Crippen LogP contribution < -0.4 is 9.88 Å². The number of nitro groups is 1. The fourth-order valence-corrected chi connectivity index (χ4v) is 1.98. The predicted molar refractivity (Wildman–Crippen MR) is 56.5 cm³/mol. The summed E-state index contributed by atoms with van der Waals surface area (Å²) >= 11 is 0. The first-order valence-electron chi connectivity index (χ1n) is 4.42. The van der Waals surface area contributed by atoms with Crippen LogP contribution in [0.4, 0.5) is 14.5 Å². The lowest BCUT2D eigenvalue weighted by Crippen LogP contribution is -2.16. The van der Waals surface area contributed by atoms with E-state index in [4.69, 9.17) is 5.14 Å². The van der Waals surface area contributed by atoms with Crippen LogP contribution in [-0.4, -0.2) is 26.2 Å². The fraction of sp³-hybridized carbons (Fsp3) is 0.125. The lowest BCUT2D eigenvalue weighted by atomic mass is 10.2. The first-order chi connectivity index (χ1) is 8.66. The molecule has 2 N–H and O–H groups in total. The Morgan fingerprint density at radius 1 is 1.42 bits per heavy atom. The van der Waals surface area contributed by atoms with Gasteiger partial charge in [0, 0.05) is 6.07 Å². The lowest BCUT2D eigenvalue weighted by molar-refractivity contribution is -0.385. The fourth-order valence-electron chi connectivity index (χ4n) is 1.24. The first kappa shape index (κ1) is 14.9. The normalized spacial score (nSPS) is 11.4. The average molecular weight is 296 g/mol. The van der Waals surface area contributed by atoms with Crippen molar-refractivity contribution in [2.24, 2.45) is 5.14 Å². The SMILES string of the molecule is NS(=O)(=O)c1cc([N+](=O)[O-])cc(OC(F)F)c1C=O. The van der Waals surface area contributed by atoms with Gasteiger partial charge in [-0.05, 0) is 0 Å². The molecule has 0 bridgehead atoms. The molecule has 0 radical (unpaired) electrons. The zero-order chi connectivity index (χ0) is 14.8. The number of nitro benzene ring substituents is 1. The molecule has 0 saturated heterocycles. The van der Waals surface area contributed by atoms with E-state index in [0.717, 1.165) is 0 Å². The minimum absolute atomic E-state index is 0.0960. The predicted octanol–water partition coefficient (Wildman–Crippen LogP) is 0.656. The summed E-state index contributed by atoms with van der Waals surface area (Å²) in [7, 11) is -4.52. The third-order valence-corrected chi connectivity index (χ3v) is 2.89. The van der Waals surface area contributed by atoms with Gasteiger partial charge in [-0.2, -0.15) is 8.78 Å². The molecule has 104 valence electrons. The van der Waals surface area contributed by atoms with E-state index < -0.39 is 43.5 Å². The molecule has 1 rings (SSSR count). The molecule has 0 aliphatic carbocycles. The van der Waals surface area contributed by atoms with E-state index >= 15 is 0 Å². The van der Waals surface area contributed by atoms with Gasteiger partial charge in [0.1, 0.15) is 10.6 Å². The van der Waals surface area contributed by atoms with Crippen molar-refractivity contribution in [1.29, 1.82) is 0 Å². The first-order valence-corrected chi connectivity index (χ1v) is 5.96. The summed E-state index contributed by atoms with van der Waals surface area (Å²) in [4.78, 5) is 19.3. The van der Waals surface area contributed by atoms with Crippen LogP contribution in [0.3, 0.4) is 0 Å². The molecule has 0 heterocycles. The highest BCUT2D eigenvalue weighted by Crippen LogP contribution is 2.30. The molecular formula is C8H6F2N2O6S. The Morgan fingerprint density at radius 3 is 2.37 bits per heavy atom. The molecule has 0 atom stereocenters. The Kier molecular flexibility index (Phi) is 4.11. The highest BCUT2D eigenvalue weighted by Gasteiger charge is 2.25. The second-order valence-electron chi connectivity index (χ2n) is 3.15. The van der Waals surface area contributed by atoms with Crippen LogP contribution in [0.15, 0.2) is 17.0 Å². The van der Waals surface area contributed by atoms with E-state index in [-0.39, 0.29) is 6.29 Å². The number of halogens is 2. The number of carbonyl (C=O) groups excluding carboxylic acids is 1. The van der Waals surface area contributed by atoms with Crippen LogP contribution in [0.2, 0.25) is 0 Å². The average Bonchev–Trinajstić information content (AvgIpc) is 2.25. The van der Waals surface area contributed by atoms with E-state index in [9.17, 15) is 32.1 Å². The van der Waals surface area contributed by atoms with Crippen molar-refractivity contribution in [3.05, 3.63) is 27.8 Å². The zero-order valence-electron chi connectivity index (χ0n) is 8.95. The van der Waals surface area contributed by atoms with E-state index in [1.807, 2.05) is 0 Å². The second kappa shape index (κ2) is 5.24. The molecule has 0 aromatic heterocycles. The van der Waals surface area contributed by atoms with Crippen molar-refractivity contribution in [1.82, 2.24) is 0 Å². The Morgan fingerprint density at radius 2 is 2.00 bits per heavy atom. The van der Waals surface area contributed by atoms with Crippen molar-refractivity contribution in [3.8, 4) is 5.75 Å². The monoisotopic (exact) mass is 296 g/mol. The van der Waals surface area contributed by atoms with Gasteiger partial charge in [-0.25, -0.2) is 13.6 Å². The third-order valence-electron chi connectivity index (χ3n) is 1.94. The molecular weight excluding hydrogens is 290 g/mol. The number of aldehydes is 1. The standard InChI is InChI=1S/C8H6F2N2O6S/c9-8(10)18-6-1-4(12(14)15)2-7(5(6)3-13)19(11,16)17/h1-3,8H,(H2,11,16,17). The van der Waals surface area contributed by atoms with Crippen LogP contribution in [0, 0.1) is 10.1 Å². The number of primary sulfonamides is 1. The van der Waals surface area contributed by atoms with E-state index in [1.54, 1.807) is 0 Å². The maximum atomic E-state index is 12.1. The number of nitrogens with two attached hydrogens (primary N) is 1. The topological polar surface area (TPSA) is 130 Å². The summed E-state index contributed by atoms with van der Waals surface area (Å²) in [5.41, 5.74) is -1.67. The van der Waals surface area contributed by atoms with Gasteiger partial charge in [-0.3, -0.25) is 14.9 Å². The number of sulfonamides is 1. The molecule has 0 amide bonds. The maximum absolute atomic E-state index is 12.1. The van der Waals surface area contributed by atoms with E-state index in [0.29, 0.717) is 12.1 Å². The Balaban J connectivity index is 3.66. The summed E-state index contributed by atoms with van der Waals surface area (Å²) in [5.74, 6) is -0.941. The van der Waals surface area contributed by atoms with Crippen LogP contribution in [0.25, 0.3) is 0 Å².